The maximum absolute atomic E-state index is 11.1. The molecule has 6 heteroatoms. The van der Waals surface area contributed by atoms with Crippen LogP contribution >= 0.6 is 0 Å². The Morgan fingerprint density at radius 3 is 2.40 bits per heavy atom. The molecule has 0 aromatic rings. The van der Waals surface area contributed by atoms with Crippen molar-refractivity contribution in [2.45, 2.75) is 6.42 Å². The molecule has 0 aliphatic carbocycles. The molecule has 0 saturated heterocycles. The molecule has 86 valence electrons. The molecule has 0 aliphatic heterocycles. The molecule has 15 heavy (non-hydrogen) atoms. The second-order valence-electron chi connectivity index (χ2n) is 3.42. The number of nitrogens with zero attached hydrogens (tertiary/aromatic N) is 3. The second-order valence-corrected chi connectivity index (χ2v) is 3.42. The Morgan fingerprint density at radius 1 is 1.33 bits per heavy atom. The molecule has 0 aromatic heterocycles. The Kier molecular flexibility index (Phi) is 6.28. The zero-order valence-corrected chi connectivity index (χ0v) is 9.30. The zero-order valence-electron chi connectivity index (χ0n) is 9.30. The number of hydrogen-bond donors (Lipinski definition) is 1. The summed E-state index contributed by atoms with van der Waals surface area (Å²) in [6.45, 7) is 0.772. The minimum atomic E-state index is -1.04. The summed E-state index contributed by atoms with van der Waals surface area (Å²) in [5.41, 5.74) is 0. The SMILES string of the molecule is CN(C)C/C=N/C(=O)CCN(C)C(=O)O. The van der Waals surface area contributed by atoms with E-state index in [2.05, 4.69) is 4.99 Å². The van der Waals surface area contributed by atoms with Crippen LogP contribution in [0.1, 0.15) is 6.42 Å². The van der Waals surface area contributed by atoms with E-state index in [1.165, 1.54) is 13.3 Å². The average molecular weight is 215 g/mol. The highest BCUT2D eigenvalue weighted by Gasteiger charge is 2.06. The maximum Gasteiger partial charge on any atom is 0.407 e. The van der Waals surface area contributed by atoms with Crippen molar-refractivity contribution < 1.29 is 14.7 Å². The molecule has 0 aliphatic rings. The van der Waals surface area contributed by atoms with Gasteiger partial charge in [0.1, 0.15) is 0 Å². The first kappa shape index (κ1) is 13.6. The minimum Gasteiger partial charge on any atom is -0.465 e. The summed E-state index contributed by atoms with van der Waals surface area (Å²) in [6, 6.07) is 0. The lowest BCUT2D eigenvalue weighted by molar-refractivity contribution is -0.117. The number of rotatable bonds is 5. The maximum atomic E-state index is 11.1. The lowest BCUT2D eigenvalue weighted by atomic mass is 10.4. The number of aliphatic imine (C=N–C) groups is 1. The number of amides is 2. The predicted molar refractivity (Wildman–Crippen MR) is 57.3 cm³/mol. The van der Waals surface area contributed by atoms with Crippen LogP contribution in [-0.2, 0) is 4.79 Å². The number of hydrogen-bond acceptors (Lipinski definition) is 3. The van der Waals surface area contributed by atoms with Gasteiger partial charge in [-0.15, -0.1) is 0 Å². The van der Waals surface area contributed by atoms with E-state index in [-0.39, 0.29) is 18.9 Å². The summed E-state index contributed by atoms with van der Waals surface area (Å²) in [5, 5.41) is 8.51. The molecule has 0 radical (unpaired) electrons. The summed E-state index contributed by atoms with van der Waals surface area (Å²) >= 11 is 0. The van der Waals surface area contributed by atoms with Crippen molar-refractivity contribution in [3.63, 3.8) is 0 Å². The van der Waals surface area contributed by atoms with E-state index < -0.39 is 6.09 Å². The third kappa shape index (κ3) is 7.63. The van der Waals surface area contributed by atoms with Crippen molar-refractivity contribution in [2.75, 3.05) is 34.2 Å². The van der Waals surface area contributed by atoms with Crippen LogP contribution in [0.4, 0.5) is 4.79 Å². The van der Waals surface area contributed by atoms with Gasteiger partial charge in [0.05, 0.1) is 0 Å². The van der Waals surface area contributed by atoms with Crippen LogP contribution in [0.5, 0.6) is 0 Å². The average Bonchev–Trinajstić information content (AvgIpc) is 2.13. The standard InChI is InChI=1S/C9H17N3O3/c1-11(2)7-5-10-8(13)4-6-12(3)9(14)15/h5H,4,6-7H2,1-3H3,(H,14,15)/b10-5+. The van der Waals surface area contributed by atoms with Crippen LogP contribution in [0.2, 0.25) is 0 Å². The highest BCUT2D eigenvalue weighted by atomic mass is 16.4. The van der Waals surface area contributed by atoms with Crippen molar-refractivity contribution in [3.8, 4) is 0 Å². The van der Waals surface area contributed by atoms with Gasteiger partial charge in [0.25, 0.3) is 0 Å². The third-order valence-electron chi connectivity index (χ3n) is 1.67. The molecule has 2 amide bonds. The lowest BCUT2D eigenvalue weighted by Gasteiger charge is -2.10. The molecule has 0 unspecified atom stereocenters. The molecule has 1 N–H and O–H groups in total. The number of carbonyl (C=O) groups is 2. The van der Waals surface area contributed by atoms with Crippen LogP contribution in [-0.4, -0.2) is 67.4 Å². The molecule has 0 heterocycles. The van der Waals surface area contributed by atoms with Gasteiger partial charge in [-0.25, -0.2) is 9.79 Å². The van der Waals surface area contributed by atoms with Gasteiger partial charge >= 0.3 is 6.09 Å². The smallest absolute Gasteiger partial charge is 0.407 e. The van der Waals surface area contributed by atoms with Gasteiger partial charge < -0.3 is 14.9 Å². The lowest BCUT2D eigenvalue weighted by Crippen LogP contribution is -2.27. The quantitative estimate of drug-likeness (QED) is 0.662. The second kappa shape index (κ2) is 6.94. The van der Waals surface area contributed by atoms with Gasteiger partial charge in [-0.2, -0.15) is 0 Å². The topological polar surface area (TPSA) is 73.2 Å². The largest absolute Gasteiger partial charge is 0.465 e. The Hall–Kier alpha value is -1.43. The van der Waals surface area contributed by atoms with E-state index in [1.807, 2.05) is 19.0 Å². The first-order valence-electron chi connectivity index (χ1n) is 4.57. The van der Waals surface area contributed by atoms with Crippen molar-refractivity contribution in [3.05, 3.63) is 0 Å². The van der Waals surface area contributed by atoms with Crippen molar-refractivity contribution in [1.29, 1.82) is 0 Å². The minimum absolute atomic E-state index is 0.118. The normalized spacial score (nSPS) is 10.9. The van der Waals surface area contributed by atoms with E-state index in [1.54, 1.807) is 0 Å². The van der Waals surface area contributed by atoms with Crippen molar-refractivity contribution in [1.82, 2.24) is 9.80 Å². The predicted octanol–water partition coefficient (Wildman–Crippen LogP) is 0.145. The summed E-state index contributed by atoms with van der Waals surface area (Å²) in [4.78, 5) is 28.1. The molecule has 0 aromatic carbocycles. The van der Waals surface area contributed by atoms with Crippen LogP contribution in [0.25, 0.3) is 0 Å². The first-order valence-corrected chi connectivity index (χ1v) is 4.57. The molecule has 6 nitrogen and oxygen atoms in total. The van der Waals surface area contributed by atoms with Gasteiger partial charge in [0.2, 0.25) is 5.91 Å². The Balaban J connectivity index is 3.75. The van der Waals surface area contributed by atoms with E-state index in [0.29, 0.717) is 6.54 Å². The van der Waals surface area contributed by atoms with Crippen LogP contribution in [0, 0.1) is 0 Å². The fourth-order valence-electron chi connectivity index (χ4n) is 0.729. The van der Waals surface area contributed by atoms with Gasteiger partial charge in [-0.05, 0) is 14.1 Å². The van der Waals surface area contributed by atoms with Crippen LogP contribution in [0.15, 0.2) is 4.99 Å². The number of carbonyl (C=O) groups excluding carboxylic acids is 1. The van der Waals surface area contributed by atoms with Gasteiger partial charge in [-0.1, -0.05) is 0 Å². The van der Waals surface area contributed by atoms with E-state index in [4.69, 9.17) is 5.11 Å². The Labute approximate surface area is 89.2 Å². The van der Waals surface area contributed by atoms with E-state index in [9.17, 15) is 9.59 Å². The fraction of sp³-hybridized carbons (Fsp3) is 0.667. The van der Waals surface area contributed by atoms with Crippen LogP contribution in [0.3, 0.4) is 0 Å². The van der Waals surface area contributed by atoms with E-state index >= 15 is 0 Å². The summed E-state index contributed by atoms with van der Waals surface area (Å²) in [5.74, 6) is -0.301. The van der Waals surface area contributed by atoms with E-state index in [0.717, 1.165) is 4.90 Å². The Bertz CT molecular complexity index is 251. The highest BCUT2D eigenvalue weighted by Crippen LogP contribution is 1.90. The molecule has 0 fully saturated rings. The third-order valence-corrected chi connectivity index (χ3v) is 1.67. The van der Waals surface area contributed by atoms with Crippen molar-refractivity contribution >= 4 is 18.2 Å². The number of carboxylic acid groups (broad SMARTS) is 1. The molecular weight excluding hydrogens is 198 g/mol. The zero-order chi connectivity index (χ0) is 11.8. The van der Waals surface area contributed by atoms with Gasteiger partial charge in [0.15, 0.2) is 0 Å². The first-order chi connectivity index (χ1) is 6.93. The Morgan fingerprint density at radius 2 is 1.93 bits per heavy atom. The van der Waals surface area contributed by atoms with Gasteiger partial charge in [-0.3, -0.25) is 4.79 Å². The fourth-order valence-corrected chi connectivity index (χ4v) is 0.729. The molecule has 0 spiro atoms. The molecule has 0 bridgehead atoms. The molecule has 0 saturated carbocycles. The summed E-state index contributed by atoms with van der Waals surface area (Å²) < 4.78 is 0. The van der Waals surface area contributed by atoms with Gasteiger partial charge in [0, 0.05) is 32.8 Å². The van der Waals surface area contributed by atoms with Crippen molar-refractivity contribution in [2.24, 2.45) is 4.99 Å². The molecule has 0 rings (SSSR count). The molecular formula is C9H17N3O3. The monoisotopic (exact) mass is 215 g/mol. The molecule has 0 atom stereocenters. The van der Waals surface area contributed by atoms with Crippen LogP contribution < -0.4 is 0 Å². The summed E-state index contributed by atoms with van der Waals surface area (Å²) in [6.07, 6.45) is 0.593. The highest BCUT2D eigenvalue weighted by molar-refractivity contribution is 5.85. The summed E-state index contributed by atoms with van der Waals surface area (Å²) in [7, 11) is 5.16.